The molecule has 4 nitrogen and oxygen atoms in total. The van der Waals surface area contributed by atoms with E-state index in [0.29, 0.717) is 0 Å². The molecule has 0 saturated heterocycles. The molecule has 0 aromatic heterocycles. The Morgan fingerprint density at radius 2 is 0.385 bits per heavy atom. The van der Waals surface area contributed by atoms with Gasteiger partial charge in [-0.2, -0.15) is 0 Å². The predicted octanol–water partition coefficient (Wildman–Crippen LogP) is -0.660. The molecule has 82 valence electrons. The topological polar surface area (TPSA) is 48.1 Å². The first kappa shape index (κ1) is 29.2. The Morgan fingerprint density at radius 3 is 0.385 bits per heavy atom. The van der Waals surface area contributed by atoms with E-state index < -0.39 is 0 Å². The summed E-state index contributed by atoms with van der Waals surface area (Å²) in [5.41, 5.74) is 0. The molecule has 5 heteroatoms. The van der Waals surface area contributed by atoms with Gasteiger partial charge in [-0.1, -0.05) is 0 Å². The van der Waals surface area contributed by atoms with Crippen LogP contribution in [0.4, 0.5) is 0 Å². The van der Waals surface area contributed by atoms with Crippen molar-refractivity contribution in [3.05, 3.63) is 0 Å². The first-order valence-electron chi connectivity index (χ1n) is 4.00. The maximum absolute atomic E-state index is 2.75. The minimum absolute atomic E-state index is 0. The molecule has 0 amide bonds. The van der Waals surface area contributed by atoms with Crippen LogP contribution in [0.15, 0.2) is 0 Å². The summed E-state index contributed by atoms with van der Waals surface area (Å²) in [6, 6.07) is 0. The van der Waals surface area contributed by atoms with Crippen molar-refractivity contribution < 1.29 is 21.7 Å². The molecule has 0 aromatic rings. The molecular formula is C8H28N4Ti+2. The number of nitrogens with one attached hydrogen (secondary N) is 4. The molecule has 0 spiro atoms. The maximum atomic E-state index is 2.75. The van der Waals surface area contributed by atoms with E-state index in [0.717, 1.165) is 0 Å². The van der Waals surface area contributed by atoms with Crippen LogP contribution in [0, 0.1) is 0 Å². The first-order chi connectivity index (χ1) is 5.66. The standard InChI is InChI=1S/4C2H7N.Ti/c4*1-3-2;/h4*3H,1-2H3;/q;;;;+2. The van der Waals surface area contributed by atoms with E-state index in [2.05, 4.69) is 21.3 Å². The van der Waals surface area contributed by atoms with Crippen LogP contribution in [-0.2, 0) is 21.7 Å². The largest absolute Gasteiger partial charge is 2.00 e. The van der Waals surface area contributed by atoms with Crippen molar-refractivity contribution in [3.63, 3.8) is 0 Å². The van der Waals surface area contributed by atoms with Crippen LogP contribution in [-0.4, -0.2) is 56.4 Å². The summed E-state index contributed by atoms with van der Waals surface area (Å²) in [6.07, 6.45) is 0. The van der Waals surface area contributed by atoms with E-state index >= 15 is 0 Å². The zero-order chi connectivity index (χ0) is 10.8. The van der Waals surface area contributed by atoms with Gasteiger partial charge in [0.05, 0.1) is 0 Å². The molecule has 0 aliphatic carbocycles. The summed E-state index contributed by atoms with van der Waals surface area (Å²) in [5.74, 6) is 0. The second kappa shape index (κ2) is 80.8. The van der Waals surface area contributed by atoms with Crippen molar-refractivity contribution in [3.8, 4) is 0 Å². The Kier molecular flexibility index (Phi) is 181. The van der Waals surface area contributed by atoms with Crippen molar-refractivity contribution in [2.24, 2.45) is 0 Å². The van der Waals surface area contributed by atoms with E-state index in [1.165, 1.54) is 0 Å². The Hall–Kier alpha value is 0.554. The molecule has 0 rings (SSSR count). The molecule has 0 heterocycles. The smallest absolute Gasteiger partial charge is 0.323 e. The van der Waals surface area contributed by atoms with Gasteiger partial charge in [-0.05, 0) is 56.4 Å². The fourth-order valence-corrected chi connectivity index (χ4v) is 0. The Labute approximate surface area is 99.5 Å². The van der Waals surface area contributed by atoms with Gasteiger partial charge < -0.3 is 21.3 Å². The minimum atomic E-state index is 0. The zero-order valence-corrected chi connectivity index (χ0v) is 12.1. The van der Waals surface area contributed by atoms with Gasteiger partial charge >= 0.3 is 21.7 Å². The van der Waals surface area contributed by atoms with Crippen molar-refractivity contribution >= 4 is 0 Å². The van der Waals surface area contributed by atoms with Gasteiger partial charge in [-0.3, -0.25) is 0 Å². The van der Waals surface area contributed by atoms with Gasteiger partial charge in [0.15, 0.2) is 0 Å². The minimum Gasteiger partial charge on any atom is -0.323 e. The summed E-state index contributed by atoms with van der Waals surface area (Å²) < 4.78 is 0. The molecule has 0 saturated carbocycles. The predicted molar refractivity (Wildman–Crippen MR) is 59.9 cm³/mol. The molecule has 13 heavy (non-hydrogen) atoms. The van der Waals surface area contributed by atoms with Crippen molar-refractivity contribution in [1.29, 1.82) is 0 Å². The molecule has 0 radical (unpaired) electrons. The third-order valence-electron chi connectivity index (χ3n) is 0. The average molecular weight is 228 g/mol. The van der Waals surface area contributed by atoms with Gasteiger partial charge in [0.25, 0.3) is 0 Å². The molecule has 0 bridgehead atoms. The second-order valence-corrected chi connectivity index (χ2v) is 2.00. The summed E-state index contributed by atoms with van der Waals surface area (Å²) in [5, 5.41) is 11.0. The zero-order valence-electron chi connectivity index (χ0n) is 10.5. The Morgan fingerprint density at radius 1 is 0.385 bits per heavy atom. The normalized spacial score (nSPS) is 5.54. The second-order valence-electron chi connectivity index (χ2n) is 2.00. The maximum Gasteiger partial charge on any atom is 2.00 e. The van der Waals surface area contributed by atoms with Crippen LogP contribution < -0.4 is 21.3 Å². The van der Waals surface area contributed by atoms with Crippen LogP contribution in [0.5, 0.6) is 0 Å². The summed E-state index contributed by atoms with van der Waals surface area (Å²) >= 11 is 0. The van der Waals surface area contributed by atoms with Crippen LogP contribution in [0.2, 0.25) is 0 Å². The third kappa shape index (κ3) is 4550. The number of hydrogen-bond donors (Lipinski definition) is 4. The van der Waals surface area contributed by atoms with Crippen molar-refractivity contribution in [2.45, 2.75) is 0 Å². The fraction of sp³-hybridized carbons (Fsp3) is 1.00. The van der Waals surface area contributed by atoms with Crippen LogP contribution in [0.1, 0.15) is 0 Å². The molecule has 0 aliphatic rings. The molecule has 0 aliphatic heterocycles. The van der Waals surface area contributed by atoms with E-state index in [-0.39, 0.29) is 21.7 Å². The van der Waals surface area contributed by atoms with Gasteiger partial charge in [0.1, 0.15) is 0 Å². The Bertz CT molecular complexity index is 24.1. The van der Waals surface area contributed by atoms with Crippen molar-refractivity contribution in [1.82, 2.24) is 21.3 Å². The van der Waals surface area contributed by atoms with Crippen LogP contribution in [0.3, 0.4) is 0 Å². The number of hydrogen-bond acceptors (Lipinski definition) is 4. The van der Waals surface area contributed by atoms with E-state index in [9.17, 15) is 0 Å². The summed E-state index contributed by atoms with van der Waals surface area (Å²) in [4.78, 5) is 0. The first-order valence-corrected chi connectivity index (χ1v) is 4.00. The van der Waals surface area contributed by atoms with Gasteiger partial charge in [-0.25, -0.2) is 0 Å². The van der Waals surface area contributed by atoms with E-state index in [4.69, 9.17) is 0 Å². The van der Waals surface area contributed by atoms with Crippen molar-refractivity contribution in [2.75, 3.05) is 56.4 Å². The van der Waals surface area contributed by atoms with Gasteiger partial charge in [0.2, 0.25) is 0 Å². The van der Waals surface area contributed by atoms with E-state index in [1.807, 2.05) is 56.4 Å². The van der Waals surface area contributed by atoms with Crippen LogP contribution >= 0.6 is 0 Å². The average Bonchev–Trinajstić information content (AvgIpc) is 1.92. The monoisotopic (exact) mass is 228 g/mol. The molecule has 0 aromatic carbocycles. The number of rotatable bonds is 0. The quantitative estimate of drug-likeness (QED) is 0.416. The SMILES string of the molecule is CNC.CNC.CNC.CNC.[Ti+2]. The Balaban J connectivity index is -0.0000000213. The summed E-state index contributed by atoms with van der Waals surface area (Å²) in [6.45, 7) is 0. The molecule has 0 unspecified atom stereocenters. The van der Waals surface area contributed by atoms with Crippen LogP contribution in [0.25, 0.3) is 0 Å². The molecule has 0 fully saturated rings. The third-order valence-corrected chi connectivity index (χ3v) is 0. The molecule has 0 atom stereocenters. The summed E-state index contributed by atoms with van der Waals surface area (Å²) in [7, 11) is 15.0. The molecule has 4 N–H and O–H groups in total. The molecular weight excluding hydrogens is 200 g/mol. The van der Waals surface area contributed by atoms with Gasteiger partial charge in [-0.15, -0.1) is 0 Å². The fourth-order valence-electron chi connectivity index (χ4n) is 0. The van der Waals surface area contributed by atoms with Gasteiger partial charge in [0, 0.05) is 0 Å². The van der Waals surface area contributed by atoms with E-state index in [1.54, 1.807) is 0 Å².